The van der Waals surface area contributed by atoms with E-state index in [-0.39, 0.29) is 36.3 Å². The van der Waals surface area contributed by atoms with E-state index in [0.717, 1.165) is 51.2 Å². The van der Waals surface area contributed by atoms with Gasteiger partial charge in [0.1, 0.15) is 18.6 Å². The molecule has 9 nitrogen and oxygen atoms in total. The highest BCUT2D eigenvalue weighted by atomic mass is 16.6. The number of hydrogen-bond donors (Lipinski definition) is 1. The third-order valence-electron chi connectivity index (χ3n) is 7.13. The number of aromatic amines is 1. The molecule has 0 saturated heterocycles. The Morgan fingerprint density at radius 1 is 1.24 bits per heavy atom. The molecule has 0 aliphatic heterocycles. The lowest BCUT2D eigenvalue weighted by Crippen LogP contribution is -2.35. The summed E-state index contributed by atoms with van der Waals surface area (Å²) in [5, 5.41) is 2.75. The standard InChI is InChI=1S/C25H34N4O5/c1-16-22(34-19-10-6-7-17(13-19)14-30)12-11-20(26-16)23-21(29(3)27-24(23)31)15-33-25(32)28(2)18-8-4-5-9-18/h11-12,14,17-19H,4-10,13,15H2,1-3H3,(H,27,31)/t17?,19-/m0/s1. The zero-order valence-corrected chi connectivity index (χ0v) is 20.2. The molecule has 9 heteroatoms. The van der Waals surface area contributed by atoms with Crippen molar-refractivity contribution in [2.24, 2.45) is 13.0 Å². The minimum Gasteiger partial charge on any atom is -0.489 e. The van der Waals surface area contributed by atoms with Crippen LogP contribution in [-0.4, -0.2) is 51.2 Å². The summed E-state index contributed by atoms with van der Waals surface area (Å²) in [6.07, 6.45) is 8.37. The van der Waals surface area contributed by atoms with Crippen LogP contribution in [0.15, 0.2) is 16.9 Å². The van der Waals surface area contributed by atoms with Gasteiger partial charge in [0.15, 0.2) is 0 Å². The molecule has 2 aromatic heterocycles. The number of H-pyrrole nitrogens is 1. The highest BCUT2D eigenvalue weighted by Crippen LogP contribution is 2.30. The second kappa shape index (κ2) is 10.4. The number of rotatable bonds is 7. The molecule has 0 radical (unpaired) electrons. The maximum Gasteiger partial charge on any atom is 0.410 e. The van der Waals surface area contributed by atoms with Crippen molar-refractivity contribution in [1.29, 1.82) is 0 Å². The van der Waals surface area contributed by atoms with Gasteiger partial charge in [0, 0.05) is 26.1 Å². The number of ether oxygens (including phenoxy) is 2. The molecular weight excluding hydrogens is 436 g/mol. The molecular formula is C25H34N4O5. The van der Waals surface area contributed by atoms with Gasteiger partial charge < -0.3 is 19.2 Å². The molecule has 1 amide bonds. The third kappa shape index (κ3) is 5.18. The molecule has 34 heavy (non-hydrogen) atoms. The summed E-state index contributed by atoms with van der Waals surface area (Å²) < 4.78 is 13.3. The predicted octanol–water partition coefficient (Wildman–Crippen LogP) is 3.73. The number of hydrogen-bond acceptors (Lipinski definition) is 6. The van der Waals surface area contributed by atoms with E-state index in [9.17, 15) is 14.4 Å². The molecule has 2 aliphatic carbocycles. The summed E-state index contributed by atoms with van der Waals surface area (Å²) in [5.41, 5.74) is 1.81. The number of aryl methyl sites for hydroxylation is 2. The van der Waals surface area contributed by atoms with E-state index < -0.39 is 0 Å². The number of nitrogens with zero attached hydrogens (tertiary/aromatic N) is 3. The SMILES string of the molecule is Cc1nc(-c2c(COC(=O)N(C)C3CCCC3)n(C)[nH]c2=O)ccc1O[C@H]1CCCC(C=O)C1. The normalized spacial score (nSPS) is 20.8. The first-order valence-electron chi connectivity index (χ1n) is 12.1. The van der Waals surface area contributed by atoms with E-state index in [4.69, 9.17) is 9.47 Å². The molecule has 2 fully saturated rings. The van der Waals surface area contributed by atoms with E-state index in [1.54, 1.807) is 29.7 Å². The van der Waals surface area contributed by atoms with Gasteiger partial charge in [-0.15, -0.1) is 0 Å². The number of amides is 1. The second-order valence-corrected chi connectivity index (χ2v) is 9.51. The van der Waals surface area contributed by atoms with Crippen LogP contribution in [0.25, 0.3) is 11.3 Å². The molecule has 4 rings (SSSR count). The average Bonchev–Trinajstić information content (AvgIpc) is 3.46. The number of carbonyl (C=O) groups is 2. The monoisotopic (exact) mass is 470 g/mol. The lowest BCUT2D eigenvalue weighted by Gasteiger charge is -2.27. The number of carbonyl (C=O) groups excluding carboxylic acids is 2. The molecule has 1 unspecified atom stereocenters. The largest absolute Gasteiger partial charge is 0.489 e. The van der Waals surface area contributed by atoms with Crippen molar-refractivity contribution in [3.63, 3.8) is 0 Å². The summed E-state index contributed by atoms with van der Waals surface area (Å²) in [4.78, 5) is 42.7. The van der Waals surface area contributed by atoms with Crippen molar-refractivity contribution < 1.29 is 19.1 Å². The van der Waals surface area contributed by atoms with E-state index in [0.29, 0.717) is 34.8 Å². The van der Waals surface area contributed by atoms with Crippen molar-refractivity contribution in [2.45, 2.75) is 77.0 Å². The van der Waals surface area contributed by atoms with Gasteiger partial charge in [0.05, 0.1) is 28.7 Å². The third-order valence-corrected chi connectivity index (χ3v) is 7.13. The van der Waals surface area contributed by atoms with Crippen molar-refractivity contribution >= 4 is 12.4 Å². The summed E-state index contributed by atoms with van der Waals surface area (Å²) in [5.74, 6) is 0.700. The minimum atomic E-state index is -0.388. The molecule has 2 saturated carbocycles. The van der Waals surface area contributed by atoms with Crippen LogP contribution in [0.2, 0.25) is 0 Å². The Kier molecular flexibility index (Phi) is 7.38. The molecule has 2 heterocycles. The Morgan fingerprint density at radius 3 is 2.71 bits per heavy atom. The van der Waals surface area contributed by atoms with Crippen LogP contribution in [0.3, 0.4) is 0 Å². The van der Waals surface area contributed by atoms with Gasteiger partial charge in [-0.3, -0.25) is 14.6 Å². The zero-order valence-electron chi connectivity index (χ0n) is 20.2. The van der Waals surface area contributed by atoms with Crippen LogP contribution < -0.4 is 10.3 Å². The fourth-order valence-corrected chi connectivity index (χ4v) is 5.08. The molecule has 2 aromatic rings. The molecule has 0 spiro atoms. The Morgan fingerprint density at radius 2 is 2.00 bits per heavy atom. The first-order valence-corrected chi connectivity index (χ1v) is 12.1. The maximum atomic E-state index is 12.7. The Balaban J connectivity index is 1.48. The van der Waals surface area contributed by atoms with E-state index >= 15 is 0 Å². The van der Waals surface area contributed by atoms with Gasteiger partial charge in [-0.25, -0.2) is 9.78 Å². The van der Waals surface area contributed by atoms with Gasteiger partial charge in [-0.2, -0.15) is 0 Å². The van der Waals surface area contributed by atoms with Crippen molar-refractivity contribution in [3.8, 4) is 17.0 Å². The van der Waals surface area contributed by atoms with Gasteiger partial charge in [-0.1, -0.05) is 12.8 Å². The predicted molar refractivity (Wildman–Crippen MR) is 127 cm³/mol. The van der Waals surface area contributed by atoms with Crippen molar-refractivity contribution in [3.05, 3.63) is 33.9 Å². The minimum absolute atomic E-state index is 0.0118. The van der Waals surface area contributed by atoms with Crippen LogP contribution >= 0.6 is 0 Å². The Hall–Kier alpha value is -3.10. The van der Waals surface area contributed by atoms with Crippen LogP contribution in [0.4, 0.5) is 4.79 Å². The fraction of sp³-hybridized carbons (Fsp3) is 0.600. The quantitative estimate of drug-likeness (QED) is 0.618. The van der Waals surface area contributed by atoms with Gasteiger partial charge in [0.25, 0.3) is 5.56 Å². The smallest absolute Gasteiger partial charge is 0.410 e. The van der Waals surface area contributed by atoms with Gasteiger partial charge >= 0.3 is 6.09 Å². The summed E-state index contributed by atoms with van der Waals surface area (Å²) in [7, 11) is 3.48. The van der Waals surface area contributed by atoms with Crippen LogP contribution in [0, 0.1) is 12.8 Å². The topological polar surface area (TPSA) is 107 Å². The lowest BCUT2D eigenvalue weighted by atomic mass is 9.88. The van der Waals surface area contributed by atoms with Crippen LogP contribution in [-0.2, 0) is 23.2 Å². The molecule has 0 bridgehead atoms. The average molecular weight is 471 g/mol. The highest BCUT2D eigenvalue weighted by molar-refractivity contribution is 5.68. The molecule has 2 aliphatic rings. The molecule has 1 N–H and O–H groups in total. The Bertz CT molecular complexity index is 1090. The van der Waals surface area contributed by atoms with E-state index in [1.165, 1.54) is 0 Å². The zero-order chi connectivity index (χ0) is 24.2. The van der Waals surface area contributed by atoms with Gasteiger partial charge in [-0.05, 0) is 57.6 Å². The van der Waals surface area contributed by atoms with Crippen molar-refractivity contribution in [1.82, 2.24) is 19.7 Å². The van der Waals surface area contributed by atoms with E-state index in [1.807, 2.05) is 13.0 Å². The number of aromatic nitrogens is 3. The van der Waals surface area contributed by atoms with Gasteiger partial charge in [0.2, 0.25) is 0 Å². The fourth-order valence-electron chi connectivity index (χ4n) is 5.08. The summed E-state index contributed by atoms with van der Waals surface area (Å²) in [6, 6.07) is 3.78. The first kappa shape index (κ1) is 24.0. The Labute approximate surface area is 199 Å². The maximum absolute atomic E-state index is 12.7. The summed E-state index contributed by atoms with van der Waals surface area (Å²) in [6.45, 7) is 1.81. The van der Waals surface area contributed by atoms with Crippen molar-refractivity contribution in [2.75, 3.05) is 7.05 Å². The van der Waals surface area contributed by atoms with Crippen LogP contribution in [0.1, 0.15) is 62.8 Å². The number of pyridine rings is 1. The van der Waals surface area contributed by atoms with Crippen LogP contribution in [0.5, 0.6) is 5.75 Å². The highest BCUT2D eigenvalue weighted by Gasteiger charge is 2.26. The second-order valence-electron chi connectivity index (χ2n) is 9.51. The molecule has 0 aromatic carbocycles. The summed E-state index contributed by atoms with van der Waals surface area (Å²) >= 11 is 0. The molecule has 2 atom stereocenters. The molecule has 184 valence electrons. The lowest BCUT2D eigenvalue weighted by molar-refractivity contribution is -0.112. The number of nitrogens with one attached hydrogen (secondary N) is 1. The first-order chi connectivity index (χ1) is 16.4. The number of aldehydes is 1. The van der Waals surface area contributed by atoms with E-state index in [2.05, 4.69) is 10.1 Å².